The summed E-state index contributed by atoms with van der Waals surface area (Å²) in [6, 6.07) is 3.27. The number of carbonyl (C=O) groups is 1. The van der Waals surface area contributed by atoms with Gasteiger partial charge in [0, 0.05) is 19.6 Å². The second-order valence-electron chi connectivity index (χ2n) is 4.39. The van der Waals surface area contributed by atoms with Gasteiger partial charge in [0.1, 0.15) is 11.4 Å². The van der Waals surface area contributed by atoms with Gasteiger partial charge in [0.2, 0.25) is 5.76 Å². The van der Waals surface area contributed by atoms with Gasteiger partial charge in [-0.3, -0.25) is 0 Å². The summed E-state index contributed by atoms with van der Waals surface area (Å²) in [5.41, 5.74) is -0.794. The van der Waals surface area contributed by atoms with Crippen molar-refractivity contribution in [2.24, 2.45) is 0 Å². The molecule has 2 heterocycles. The summed E-state index contributed by atoms with van der Waals surface area (Å²) in [6.45, 7) is 1.82. The highest BCUT2D eigenvalue weighted by Gasteiger charge is 2.31. The molecule has 18 heavy (non-hydrogen) atoms. The molecular weight excluding hydrogens is 238 g/mol. The van der Waals surface area contributed by atoms with Gasteiger partial charge >= 0.3 is 5.97 Å². The smallest absolute Gasteiger partial charge is 0.373 e. The van der Waals surface area contributed by atoms with Gasteiger partial charge in [0.25, 0.3) is 0 Å². The average Bonchev–Trinajstić information content (AvgIpc) is 2.98. The van der Waals surface area contributed by atoms with E-state index in [0.717, 1.165) is 0 Å². The van der Waals surface area contributed by atoms with Crippen LogP contribution in [-0.2, 0) is 16.0 Å². The van der Waals surface area contributed by atoms with E-state index in [1.807, 2.05) is 0 Å². The molecule has 0 saturated carbocycles. The molecule has 1 aromatic rings. The van der Waals surface area contributed by atoms with Crippen molar-refractivity contribution in [1.82, 2.24) is 5.32 Å². The lowest BCUT2D eigenvalue weighted by atomic mass is 10.0. The van der Waals surface area contributed by atoms with Gasteiger partial charge in [-0.2, -0.15) is 0 Å². The van der Waals surface area contributed by atoms with Crippen LogP contribution in [0.2, 0.25) is 0 Å². The van der Waals surface area contributed by atoms with Gasteiger partial charge in [0.15, 0.2) is 0 Å². The topological polar surface area (TPSA) is 80.9 Å². The number of hydrogen-bond acceptors (Lipinski definition) is 6. The Labute approximate surface area is 105 Å². The van der Waals surface area contributed by atoms with Crippen molar-refractivity contribution >= 4 is 5.97 Å². The molecule has 1 fully saturated rings. The van der Waals surface area contributed by atoms with E-state index >= 15 is 0 Å². The molecule has 1 aliphatic heterocycles. The maximum atomic E-state index is 11.2. The molecule has 2 rings (SSSR count). The van der Waals surface area contributed by atoms with E-state index in [1.54, 1.807) is 12.1 Å². The van der Waals surface area contributed by atoms with E-state index in [4.69, 9.17) is 9.15 Å². The minimum Gasteiger partial charge on any atom is -0.463 e. The number of aliphatic hydroxyl groups is 1. The van der Waals surface area contributed by atoms with Crippen molar-refractivity contribution in [2.45, 2.75) is 18.6 Å². The van der Waals surface area contributed by atoms with Gasteiger partial charge in [-0.25, -0.2) is 4.79 Å². The number of nitrogens with one attached hydrogen (secondary N) is 1. The molecular formula is C12H17NO5. The van der Waals surface area contributed by atoms with Crippen LogP contribution in [0.1, 0.15) is 22.7 Å². The zero-order valence-corrected chi connectivity index (χ0v) is 10.3. The summed E-state index contributed by atoms with van der Waals surface area (Å²) in [7, 11) is 1.30. The standard InChI is InChI=1S/C12H17NO5/c1-16-11(14)10-3-2-9(18-10)6-13-7-12(15)4-5-17-8-12/h2-3,13,15H,4-8H2,1H3. The molecule has 1 saturated heterocycles. The molecule has 1 atom stereocenters. The highest BCUT2D eigenvalue weighted by atomic mass is 16.5. The number of ether oxygens (including phenoxy) is 2. The van der Waals surface area contributed by atoms with Crippen molar-refractivity contribution in [3.05, 3.63) is 23.7 Å². The van der Waals surface area contributed by atoms with Gasteiger partial charge in [0.05, 0.1) is 20.3 Å². The van der Waals surface area contributed by atoms with Gasteiger partial charge in [-0.05, 0) is 12.1 Å². The molecule has 0 aliphatic carbocycles. The quantitative estimate of drug-likeness (QED) is 0.737. The van der Waals surface area contributed by atoms with Crippen LogP contribution in [0.15, 0.2) is 16.5 Å². The molecule has 2 N–H and O–H groups in total. The Morgan fingerprint density at radius 3 is 3.11 bits per heavy atom. The van der Waals surface area contributed by atoms with E-state index in [0.29, 0.717) is 38.5 Å². The lowest BCUT2D eigenvalue weighted by Crippen LogP contribution is -2.40. The normalized spacial score (nSPS) is 23.2. The Kier molecular flexibility index (Phi) is 4.00. The van der Waals surface area contributed by atoms with Crippen molar-refractivity contribution in [3.63, 3.8) is 0 Å². The predicted molar refractivity (Wildman–Crippen MR) is 62.1 cm³/mol. The Morgan fingerprint density at radius 1 is 1.61 bits per heavy atom. The summed E-state index contributed by atoms with van der Waals surface area (Å²) in [5.74, 6) is 0.305. The van der Waals surface area contributed by atoms with Crippen LogP contribution in [0.3, 0.4) is 0 Å². The van der Waals surface area contributed by atoms with Crippen LogP contribution in [0, 0.1) is 0 Å². The first-order valence-electron chi connectivity index (χ1n) is 5.81. The minimum atomic E-state index is -0.794. The highest BCUT2D eigenvalue weighted by Crippen LogP contribution is 2.17. The van der Waals surface area contributed by atoms with Gasteiger partial charge in [-0.1, -0.05) is 0 Å². The molecule has 6 heteroatoms. The minimum absolute atomic E-state index is 0.178. The largest absolute Gasteiger partial charge is 0.463 e. The van der Waals surface area contributed by atoms with Crippen LogP contribution in [-0.4, -0.2) is 43.5 Å². The highest BCUT2D eigenvalue weighted by molar-refractivity contribution is 5.86. The summed E-state index contributed by atoms with van der Waals surface area (Å²) in [4.78, 5) is 11.2. The fourth-order valence-electron chi connectivity index (χ4n) is 1.84. The second-order valence-corrected chi connectivity index (χ2v) is 4.39. The van der Waals surface area contributed by atoms with Gasteiger partial charge < -0.3 is 24.3 Å². The molecule has 1 aliphatic rings. The lowest BCUT2D eigenvalue weighted by Gasteiger charge is -2.20. The Morgan fingerprint density at radius 2 is 2.44 bits per heavy atom. The number of rotatable bonds is 5. The van der Waals surface area contributed by atoms with Crippen LogP contribution >= 0.6 is 0 Å². The number of methoxy groups -OCH3 is 1. The first-order valence-corrected chi connectivity index (χ1v) is 5.81. The second kappa shape index (κ2) is 5.51. The Hall–Kier alpha value is -1.37. The summed E-state index contributed by atoms with van der Waals surface area (Å²) in [5, 5.41) is 13.1. The van der Waals surface area contributed by atoms with E-state index in [2.05, 4.69) is 10.1 Å². The zero-order valence-electron chi connectivity index (χ0n) is 10.3. The van der Waals surface area contributed by atoms with Crippen molar-refractivity contribution < 1.29 is 23.8 Å². The van der Waals surface area contributed by atoms with Crippen LogP contribution in [0.4, 0.5) is 0 Å². The van der Waals surface area contributed by atoms with Crippen LogP contribution in [0.25, 0.3) is 0 Å². The fourth-order valence-corrected chi connectivity index (χ4v) is 1.84. The SMILES string of the molecule is COC(=O)c1ccc(CNCC2(O)CCOC2)o1. The maximum absolute atomic E-state index is 11.2. The summed E-state index contributed by atoms with van der Waals surface area (Å²) >= 11 is 0. The van der Waals surface area contributed by atoms with Crippen molar-refractivity contribution in [3.8, 4) is 0 Å². The van der Waals surface area contributed by atoms with Gasteiger partial charge in [-0.15, -0.1) is 0 Å². The third-order valence-electron chi connectivity index (χ3n) is 2.88. The van der Waals surface area contributed by atoms with Crippen molar-refractivity contribution in [2.75, 3.05) is 26.9 Å². The number of esters is 1. The molecule has 1 aromatic heterocycles. The zero-order chi connectivity index (χ0) is 13.0. The molecule has 0 spiro atoms. The predicted octanol–water partition coefficient (Wildman–Crippen LogP) is 0.307. The average molecular weight is 255 g/mol. The molecule has 100 valence electrons. The van der Waals surface area contributed by atoms with Crippen molar-refractivity contribution in [1.29, 1.82) is 0 Å². The van der Waals surface area contributed by atoms with Crippen LogP contribution < -0.4 is 5.32 Å². The Bertz CT molecular complexity index is 408. The summed E-state index contributed by atoms with van der Waals surface area (Å²) in [6.07, 6.45) is 0.631. The lowest BCUT2D eigenvalue weighted by molar-refractivity contribution is 0.0264. The van der Waals surface area contributed by atoms with Crippen LogP contribution in [0.5, 0.6) is 0 Å². The molecule has 0 amide bonds. The fraction of sp³-hybridized carbons (Fsp3) is 0.583. The molecule has 1 unspecified atom stereocenters. The summed E-state index contributed by atoms with van der Waals surface area (Å²) < 4.78 is 15.0. The molecule has 0 aromatic carbocycles. The molecule has 0 radical (unpaired) electrons. The molecule has 0 bridgehead atoms. The third kappa shape index (κ3) is 3.10. The van der Waals surface area contributed by atoms with E-state index in [1.165, 1.54) is 7.11 Å². The number of hydrogen-bond donors (Lipinski definition) is 2. The third-order valence-corrected chi connectivity index (χ3v) is 2.88. The Balaban J connectivity index is 1.80. The number of furan rings is 1. The monoisotopic (exact) mass is 255 g/mol. The van der Waals surface area contributed by atoms with E-state index < -0.39 is 11.6 Å². The molecule has 6 nitrogen and oxygen atoms in total. The van der Waals surface area contributed by atoms with E-state index in [9.17, 15) is 9.90 Å². The first kappa shape index (κ1) is 13.1. The number of carbonyl (C=O) groups excluding carboxylic acids is 1. The first-order chi connectivity index (χ1) is 8.63. The maximum Gasteiger partial charge on any atom is 0.373 e. The van der Waals surface area contributed by atoms with E-state index in [-0.39, 0.29) is 5.76 Å².